The van der Waals surface area contributed by atoms with E-state index in [0.29, 0.717) is 0 Å². The third-order valence-electron chi connectivity index (χ3n) is 2.52. The van der Waals surface area contributed by atoms with Crippen LogP contribution < -0.4 is 0 Å². The maximum atomic E-state index is 6.25. The van der Waals surface area contributed by atoms with Crippen molar-refractivity contribution >= 4 is 0 Å². The summed E-state index contributed by atoms with van der Waals surface area (Å²) in [6.07, 6.45) is 0. The summed E-state index contributed by atoms with van der Waals surface area (Å²) in [6.45, 7) is 39.8. The van der Waals surface area contributed by atoms with Crippen molar-refractivity contribution in [1.82, 2.24) is 9.80 Å². The number of hydrogen-bond donors (Lipinski definition) is 0. The molecule has 0 aliphatic rings. The van der Waals surface area contributed by atoms with Gasteiger partial charge in [-0.3, -0.25) is 0 Å². The fourth-order valence-corrected chi connectivity index (χ4v) is 1.36. The molecule has 1 radical (unpaired) electrons. The van der Waals surface area contributed by atoms with Crippen molar-refractivity contribution in [3.63, 3.8) is 0 Å². The topological polar surface area (TPSA) is 125 Å². The Morgan fingerprint density at radius 2 is 0.609 bits per heavy atom. The average molecular weight is 358 g/mol. The smallest absolute Gasteiger partial charge is 0.512 e. The summed E-state index contributed by atoms with van der Waals surface area (Å²) in [5.74, 6) is 0. The van der Waals surface area contributed by atoms with Gasteiger partial charge in [-0.1, -0.05) is 27.7 Å². The van der Waals surface area contributed by atoms with Crippen LogP contribution in [0.1, 0.15) is 27.7 Å². The second-order valence-electron chi connectivity index (χ2n) is 3.05. The predicted molar refractivity (Wildman–Crippen MR) is 80.4 cm³/mol. The Labute approximate surface area is 153 Å². The van der Waals surface area contributed by atoms with Crippen LogP contribution in [0.4, 0.5) is 0 Å². The molecule has 0 aromatic heterocycles. The van der Waals surface area contributed by atoms with Gasteiger partial charge in [-0.2, -0.15) is 0 Å². The first-order valence-electron chi connectivity index (χ1n) is 6.34. The van der Waals surface area contributed by atoms with Crippen LogP contribution in [0.25, 0.3) is 0 Å². The summed E-state index contributed by atoms with van der Waals surface area (Å²) in [5.41, 5.74) is 0. The Morgan fingerprint density at radius 1 is 0.478 bits per heavy atom. The summed E-state index contributed by atoms with van der Waals surface area (Å²) in [4.78, 5) is 4.94. The van der Waals surface area contributed by atoms with E-state index in [1.807, 2.05) is 0 Å². The van der Waals surface area contributed by atoms with Gasteiger partial charge < -0.3 is 69.0 Å². The monoisotopic (exact) mass is 358 g/mol. The number of nitrogens with zero attached hydrogens (tertiary/aromatic N) is 7. The summed E-state index contributed by atoms with van der Waals surface area (Å²) in [7, 11) is 0. The minimum absolute atomic E-state index is 0. The first-order chi connectivity index (χ1) is 10.8. The van der Waals surface area contributed by atoms with Crippen molar-refractivity contribution in [2.24, 2.45) is 0 Å². The largest absolute Gasteiger partial charge is 5.00 e. The van der Waals surface area contributed by atoms with Crippen molar-refractivity contribution in [3.8, 4) is 0 Å². The van der Waals surface area contributed by atoms with E-state index in [2.05, 4.69) is 37.5 Å². The molecule has 127 valence electrons. The molecule has 0 spiro atoms. The van der Waals surface area contributed by atoms with Crippen LogP contribution in [0, 0.1) is 59.2 Å². The first kappa shape index (κ1) is 42.8. The van der Waals surface area contributed by atoms with Crippen LogP contribution in [-0.4, -0.2) is 49.1 Å². The number of likely N-dealkylation sites (N-methyl/N-ethyl adjacent to an activating group) is 2. The second kappa shape index (κ2) is 72.6. The van der Waals surface area contributed by atoms with Crippen LogP contribution in [0.2, 0.25) is 0 Å². The third-order valence-corrected chi connectivity index (χ3v) is 2.52. The van der Waals surface area contributed by atoms with Gasteiger partial charge in [0.2, 0.25) is 0 Å². The Morgan fingerprint density at radius 3 is 0.696 bits per heavy atom. The van der Waals surface area contributed by atoms with Crippen LogP contribution in [0.3, 0.4) is 0 Å². The molecule has 0 aliphatic carbocycles. The Hall–Kier alpha value is -2.11. The van der Waals surface area contributed by atoms with Crippen LogP contribution in [0.15, 0.2) is 0 Å². The summed E-state index contributed by atoms with van der Waals surface area (Å²) in [6, 6.07) is 0. The van der Waals surface area contributed by atoms with Gasteiger partial charge in [-0.15, -0.1) is 0 Å². The molecule has 8 heteroatoms. The zero-order valence-corrected chi connectivity index (χ0v) is 15.3. The van der Waals surface area contributed by atoms with E-state index in [1.165, 1.54) is 39.3 Å². The van der Waals surface area contributed by atoms with E-state index in [9.17, 15) is 0 Å². The SMILES string of the molecule is CCN(CC)CCN(CC)CC.[C-]#N.[C-]#N.[C-]#N.[C-]#N.[C-]#N.[Fe+5]. The maximum absolute atomic E-state index is 6.25. The number of hydrogen-bond acceptors (Lipinski definition) is 7. The predicted octanol–water partition coefficient (Wildman–Crippen LogP) is 2.15. The number of rotatable bonds is 7. The summed E-state index contributed by atoms with van der Waals surface area (Å²) >= 11 is 0. The average Bonchev–Trinajstić information content (AvgIpc) is 2.67. The van der Waals surface area contributed by atoms with Crippen molar-refractivity contribution in [2.75, 3.05) is 39.3 Å². The summed E-state index contributed by atoms with van der Waals surface area (Å²) < 4.78 is 0. The minimum Gasteiger partial charge on any atom is -0.512 e. The zero-order chi connectivity index (χ0) is 19.4. The van der Waals surface area contributed by atoms with Crippen LogP contribution in [-0.2, 0) is 17.1 Å². The minimum atomic E-state index is 0. The fraction of sp³-hybridized carbons (Fsp3) is 0.667. The standard InChI is InChI=1S/C10H24N2.5CN.Fe/c1-5-11(6-2)9-10-12(7-3)8-4;5*1-2;/h5-10H2,1-4H3;;;;;;/q;5*-1;+5. The molecule has 0 atom stereocenters. The quantitative estimate of drug-likeness (QED) is 0.504. The molecule has 23 heavy (non-hydrogen) atoms. The van der Waals surface area contributed by atoms with Gasteiger partial charge in [0.25, 0.3) is 0 Å². The molecule has 0 aromatic rings. The van der Waals surface area contributed by atoms with E-state index in [-0.39, 0.29) is 17.1 Å². The molecule has 0 saturated heterocycles. The van der Waals surface area contributed by atoms with Gasteiger partial charge in [-0.05, 0) is 26.2 Å². The molecule has 0 aromatic carbocycles. The fourth-order valence-electron chi connectivity index (χ4n) is 1.36. The van der Waals surface area contributed by atoms with Gasteiger partial charge in [0.15, 0.2) is 0 Å². The Bertz CT molecular complexity index is 204. The van der Waals surface area contributed by atoms with Crippen molar-refractivity contribution in [2.45, 2.75) is 27.7 Å². The molecular formula is C15H24FeN7. The molecule has 0 fully saturated rings. The second-order valence-corrected chi connectivity index (χ2v) is 3.05. The van der Waals surface area contributed by atoms with Crippen molar-refractivity contribution in [3.05, 3.63) is 32.9 Å². The van der Waals surface area contributed by atoms with Crippen LogP contribution >= 0.6 is 0 Å². The van der Waals surface area contributed by atoms with E-state index in [1.54, 1.807) is 0 Å². The van der Waals surface area contributed by atoms with Gasteiger partial charge >= 0.3 is 17.1 Å². The van der Waals surface area contributed by atoms with Crippen molar-refractivity contribution < 1.29 is 17.1 Å². The van der Waals surface area contributed by atoms with Gasteiger partial charge in [-0.25, -0.2) is 0 Å². The van der Waals surface area contributed by atoms with Gasteiger partial charge in [0.05, 0.1) is 0 Å². The molecule has 0 aliphatic heterocycles. The van der Waals surface area contributed by atoms with Crippen molar-refractivity contribution in [1.29, 1.82) is 26.3 Å². The van der Waals surface area contributed by atoms with E-state index >= 15 is 0 Å². The molecule has 0 rings (SSSR count). The molecule has 0 bridgehead atoms. The molecule has 0 N–H and O–H groups in total. The van der Waals surface area contributed by atoms with E-state index < -0.39 is 0 Å². The molecular weight excluding hydrogens is 334 g/mol. The van der Waals surface area contributed by atoms with Gasteiger partial charge in [0, 0.05) is 13.1 Å². The first-order valence-corrected chi connectivity index (χ1v) is 6.34. The Balaban J connectivity index is -0.0000000396. The zero-order valence-electron chi connectivity index (χ0n) is 14.2. The molecule has 0 unspecified atom stereocenters. The van der Waals surface area contributed by atoms with Crippen LogP contribution in [0.5, 0.6) is 0 Å². The normalized spacial score (nSPS) is 6.43. The molecule has 0 amide bonds. The summed E-state index contributed by atoms with van der Waals surface area (Å²) in [5, 5.41) is 31.2. The Kier molecular flexibility index (Phi) is 135. The maximum Gasteiger partial charge on any atom is 5.00 e. The van der Waals surface area contributed by atoms with E-state index in [4.69, 9.17) is 59.2 Å². The van der Waals surface area contributed by atoms with E-state index in [0.717, 1.165) is 0 Å². The third kappa shape index (κ3) is 53.7. The van der Waals surface area contributed by atoms with Gasteiger partial charge in [0.1, 0.15) is 0 Å². The molecule has 7 nitrogen and oxygen atoms in total. The molecule has 0 heterocycles. The molecule has 0 saturated carbocycles.